The molecule has 0 spiro atoms. The summed E-state index contributed by atoms with van der Waals surface area (Å²) in [7, 11) is 0. The number of hydrogen-bond acceptors (Lipinski definition) is 3. The molecule has 0 heterocycles. The molecule has 0 bridgehead atoms. The molecule has 0 rings (SSSR count). The van der Waals surface area contributed by atoms with Crippen LogP contribution < -0.4 is 0 Å². The van der Waals surface area contributed by atoms with E-state index in [-0.39, 0.29) is 5.97 Å². The van der Waals surface area contributed by atoms with Gasteiger partial charge in [0.15, 0.2) is 0 Å². The van der Waals surface area contributed by atoms with Crippen LogP contribution in [0.25, 0.3) is 0 Å². The minimum Gasteiger partial charge on any atom is -0.466 e. The van der Waals surface area contributed by atoms with Gasteiger partial charge in [-0.05, 0) is 19.3 Å². The van der Waals surface area contributed by atoms with Crippen molar-refractivity contribution in [1.29, 1.82) is 0 Å². The summed E-state index contributed by atoms with van der Waals surface area (Å²) in [5.41, 5.74) is 0. The molecule has 0 aliphatic heterocycles. The molecule has 3 nitrogen and oxygen atoms in total. The second-order valence-corrected chi connectivity index (χ2v) is 4.52. The topological polar surface area (TPSA) is 46.5 Å². The largest absolute Gasteiger partial charge is 0.466 e. The first-order valence-corrected chi connectivity index (χ1v) is 7.07. The highest BCUT2D eigenvalue weighted by Crippen LogP contribution is 2.09. The zero-order valence-electron chi connectivity index (χ0n) is 11.2. The summed E-state index contributed by atoms with van der Waals surface area (Å²) in [6.45, 7) is 2.88. The van der Waals surface area contributed by atoms with Crippen molar-refractivity contribution in [2.24, 2.45) is 0 Å². The van der Waals surface area contributed by atoms with Crippen molar-refractivity contribution in [2.75, 3.05) is 13.2 Å². The molecular formula is C14H28O3. The van der Waals surface area contributed by atoms with Gasteiger partial charge < -0.3 is 9.84 Å². The molecule has 0 fully saturated rings. The Hall–Kier alpha value is -0.570. The predicted octanol–water partition coefficient (Wildman–Crippen LogP) is 3.44. The normalized spacial score (nSPS) is 10.5. The van der Waals surface area contributed by atoms with Crippen molar-refractivity contribution in [3.63, 3.8) is 0 Å². The summed E-state index contributed by atoms with van der Waals surface area (Å²) in [6.07, 6.45) is 10.6. The Morgan fingerprint density at radius 1 is 0.941 bits per heavy atom. The van der Waals surface area contributed by atoms with E-state index in [0.29, 0.717) is 19.6 Å². The Bertz CT molecular complexity index is 169. The van der Waals surface area contributed by atoms with E-state index in [1.807, 2.05) is 6.92 Å². The molecule has 0 aromatic rings. The van der Waals surface area contributed by atoms with Crippen LogP contribution in [0.15, 0.2) is 0 Å². The van der Waals surface area contributed by atoms with Crippen molar-refractivity contribution in [3.05, 3.63) is 0 Å². The van der Waals surface area contributed by atoms with E-state index >= 15 is 0 Å². The molecule has 3 heteroatoms. The van der Waals surface area contributed by atoms with Gasteiger partial charge in [0.05, 0.1) is 6.61 Å². The van der Waals surface area contributed by atoms with Crippen molar-refractivity contribution in [3.8, 4) is 0 Å². The van der Waals surface area contributed by atoms with E-state index in [4.69, 9.17) is 9.84 Å². The van der Waals surface area contributed by atoms with Crippen LogP contribution in [0.5, 0.6) is 0 Å². The van der Waals surface area contributed by atoms with Crippen LogP contribution in [-0.4, -0.2) is 24.3 Å². The molecule has 0 aromatic heterocycles. The number of hydrogen-bond donors (Lipinski definition) is 1. The Kier molecular flexibility index (Phi) is 13.0. The predicted molar refractivity (Wildman–Crippen MR) is 69.9 cm³/mol. The molecule has 17 heavy (non-hydrogen) atoms. The third-order valence-electron chi connectivity index (χ3n) is 2.76. The van der Waals surface area contributed by atoms with Gasteiger partial charge in [-0.1, -0.05) is 45.4 Å². The number of rotatable bonds is 12. The second-order valence-electron chi connectivity index (χ2n) is 4.52. The number of aliphatic hydroxyl groups excluding tert-OH is 1. The molecular weight excluding hydrogens is 216 g/mol. The molecule has 0 aromatic carbocycles. The third-order valence-corrected chi connectivity index (χ3v) is 2.76. The first-order chi connectivity index (χ1) is 8.31. The molecule has 0 radical (unpaired) electrons. The molecule has 0 unspecified atom stereocenters. The van der Waals surface area contributed by atoms with Crippen LogP contribution in [0.3, 0.4) is 0 Å². The van der Waals surface area contributed by atoms with Crippen molar-refractivity contribution in [1.82, 2.24) is 0 Å². The highest BCUT2D eigenvalue weighted by atomic mass is 16.5. The Balaban J connectivity index is 3.05. The van der Waals surface area contributed by atoms with Gasteiger partial charge in [-0.15, -0.1) is 0 Å². The van der Waals surface area contributed by atoms with Crippen LogP contribution in [-0.2, 0) is 9.53 Å². The molecule has 0 amide bonds. The lowest BCUT2D eigenvalue weighted by Crippen LogP contribution is -2.04. The van der Waals surface area contributed by atoms with Crippen molar-refractivity contribution < 1.29 is 14.6 Å². The first kappa shape index (κ1) is 16.4. The number of esters is 1. The maximum atomic E-state index is 11.2. The van der Waals surface area contributed by atoms with Gasteiger partial charge in [0, 0.05) is 13.0 Å². The van der Waals surface area contributed by atoms with Crippen LogP contribution in [0.4, 0.5) is 0 Å². The van der Waals surface area contributed by atoms with Gasteiger partial charge in [-0.2, -0.15) is 0 Å². The fourth-order valence-corrected chi connectivity index (χ4v) is 1.73. The van der Waals surface area contributed by atoms with Gasteiger partial charge in [0.1, 0.15) is 0 Å². The highest BCUT2D eigenvalue weighted by molar-refractivity contribution is 5.69. The molecule has 0 aliphatic rings. The summed E-state index contributed by atoms with van der Waals surface area (Å²) >= 11 is 0. The fourth-order valence-electron chi connectivity index (χ4n) is 1.73. The van der Waals surface area contributed by atoms with E-state index < -0.39 is 0 Å². The number of unbranched alkanes of at least 4 members (excludes halogenated alkanes) is 7. The maximum absolute atomic E-state index is 11.2. The van der Waals surface area contributed by atoms with E-state index in [1.54, 1.807) is 0 Å². The van der Waals surface area contributed by atoms with Gasteiger partial charge in [-0.25, -0.2) is 0 Å². The van der Waals surface area contributed by atoms with Crippen LogP contribution in [0.1, 0.15) is 71.1 Å². The lowest BCUT2D eigenvalue weighted by atomic mass is 10.1. The maximum Gasteiger partial charge on any atom is 0.305 e. The Labute approximate surface area is 106 Å². The fraction of sp³-hybridized carbons (Fsp3) is 0.929. The van der Waals surface area contributed by atoms with Gasteiger partial charge in [0.2, 0.25) is 0 Å². The zero-order valence-corrected chi connectivity index (χ0v) is 11.2. The highest BCUT2D eigenvalue weighted by Gasteiger charge is 2.01. The summed E-state index contributed by atoms with van der Waals surface area (Å²) < 4.78 is 5.00. The number of ether oxygens (including phenoxy) is 1. The monoisotopic (exact) mass is 244 g/mol. The van der Waals surface area contributed by atoms with Crippen LogP contribution in [0.2, 0.25) is 0 Å². The smallest absolute Gasteiger partial charge is 0.305 e. The van der Waals surface area contributed by atoms with Crippen LogP contribution in [0, 0.1) is 0 Å². The number of aliphatic hydroxyl groups is 1. The average Bonchev–Trinajstić information content (AvgIpc) is 2.34. The minimum atomic E-state index is -0.0465. The summed E-state index contributed by atoms with van der Waals surface area (Å²) in [4.78, 5) is 11.2. The van der Waals surface area contributed by atoms with Gasteiger partial charge in [-0.3, -0.25) is 4.79 Å². The molecule has 102 valence electrons. The summed E-state index contributed by atoms with van der Waals surface area (Å²) in [5, 5.41) is 8.61. The van der Waals surface area contributed by atoms with E-state index in [9.17, 15) is 4.79 Å². The molecule has 0 saturated heterocycles. The van der Waals surface area contributed by atoms with Gasteiger partial charge in [0.25, 0.3) is 0 Å². The van der Waals surface area contributed by atoms with Crippen molar-refractivity contribution >= 4 is 5.97 Å². The number of carbonyl (C=O) groups excluding carboxylic acids is 1. The lowest BCUT2D eigenvalue weighted by Gasteiger charge is -2.03. The molecule has 0 saturated carbocycles. The summed E-state index contributed by atoms with van der Waals surface area (Å²) in [6, 6.07) is 0. The average molecular weight is 244 g/mol. The SMILES string of the molecule is CCCOC(=O)CCCCCCCCCCO. The molecule has 0 atom stereocenters. The van der Waals surface area contributed by atoms with E-state index in [2.05, 4.69) is 0 Å². The van der Waals surface area contributed by atoms with Crippen LogP contribution >= 0.6 is 0 Å². The van der Waals surface area contributed by atoms with Crippen molar-refractivity contribution in [2.45, 2.75) is 71.1 Å². The summed E-state index contributed by atoms with van der Waals surface area (Å²) in [5.74, 6) is -0.0465. The second kappa shape index (κ2) is 13.5. The van der Waals surface area contributed by atoms with E-state index in [0.717, 1.165) is 32.1 Å². The number of carbonyl (C=O) groups is 1. The quantitative estimate of drug-likeness (QED) is 0.422. The van der Waals surface area contributed by atoms with E-state index in [1.165, 1.54) is 25.7 Å². The first-order valence-electron chi connectivity index (χ1n) is 7.07. The zero-order chi connectivity index (χ0) is 12.8. The molecule has 1 N–H and O–H groups in total. The van der Waals surface area contributed by atoms with Gasteiger partial charge >= 0.3 is 5.97 Å². The minimum absolute atomic E-state index is 0.0465. The Morgan fingerprint density at radius 2 is 1.47 bits per heavy atom. The standard InChI is InChI=1S/C14H28O3/c1-2-13-17-14(16)11-9-7-5-3-4-6-8-10-12-15/h15H,2-13H2,1H3. The third kappa shape index (κ3) is 13.4. The molecule has 0 aliphatic carbocycles. The Morgan fingerprint density at radius 3 is 2.00 bits per heavy atom. The lowest BCUT2D eigenvalue weighted by molar-refractivity contribution is -0.143.